The number of carboxylic acids is 1. The van der Waals surface area contributed by atoms with E-state index in [1.807, 2.05) is 20.8 Å². The van der Waals surface area contributed by atoms with Gasteiger partial charge in [0, 0.05) is 12.6 Å². The number of nitrogens with one attached hydrogen (secondary N) is 1. The van der Waals surface area contributed by atoms with Crippen molar-refractivity contribution >= 4 is 11.9 Å². The maximum Gasteiger partial charge on any atom is 0.311 e. The standard InChI is InChI=1S/C12H22N2O4/c1-12(2,3)13-5-10(15)14(4)9-7-18-6-8(9)11(16)17/h8-9,13H,5-7H2,1-4H3,(H,16,17). The highest BCUT2D eigenvalue weighted by Gasteiger charge is 2.38. The van der Waals surface area contributed by atoms with E-state index in [0.717, 1.165) is 0 Å². The Morgan fingerprint density at radius 3 is 2.50 bits per heavy atom. The third-order valence-corrected chi connectivity index (χ3v) is 3.03. The number of ether oxygens (including phenoxy) is 1. The highest BCUT2D eigenvalue weighted by atomic mass is 16.5. The minimum absolute atomic E-state index is 0.119. The van der Waals surface area contributed by atoms with E-state index >= 15 is 0 Å². The van der Waals surface area contributed by atoms with Gasteiger partial charge in [0.25, 0.3) is 0 Å². The zero-order valence-corrected chi connectivity index (χ0v) is 11.4. The average molecular weight is 258 g/mol. The van der Waals surface area contributed by atoms with E-state index in [2.05, 4.69) is 5.32 Å². The third-order valence-electron chi connectivity index (χ3n) is 3.03. The molecular weight excluding hydrogens is 236 g/mol. The number of aliphatic carboxylic acids is 1. The lowest BCUT2D eigenvalue weighted by Gasteiger charge is -2.28. The van der Waals surface area contributed by atoms with E-state index in [1.165, 1.54) is 4.90 Å². The molecule has 0 aliphatic carbocycles. The lowest BCUT2D eigenvalue weighted by atomic mass is 10.0. The predicted molar refractivity (Wildman–Crippen MR) is 66.3 cm³/mol. The Kier molecular flexibility index (Phi) is 4.70. The van der Waals surface area contributed by atoms with Gasteiger partial charge in [-0.2, -0.15) is 0 Å². The number of carbonyl (C=O) groups excluding carboxylic acids is 1. The molecule has 0 saturated carbocycles. The highest BCUT2D eigenvalue weighted by molar-refractivity contribution is 5.80. The van der Waals surface area contributed by atoms with Crippen LogP contribution in [-0.2, 0) is 14.3 Å². The molecule has 2 N–H and O–H groups in total. The monoisotopic (exact) mass is 258 g/mol. The number of rotatable bonds is 4. The van der Waals surface area contributed by atoms with E-state index in [0.29, 0.717) is 0 Å². The molecule has 0 spiro atoms. The molecule has 1 heterocycles. The van der Waals surface area contributed by atoms with Crippen LogP contribution in [0.15, 0.2) is 0 Å². The summed E-state index contributed by atoms with van der Waals surface area (Å²) in [6, 6.07) is -0.378. The van der Waals surface area contributed by atoms with E-state index < -0.39 is 11.9 Å². The van der Waals surface area contributed by atoms with E-state index in [9.17, 15) is 9.59 Å². The molecule has 1 fully saturated rings. The first-order valence-corrected chi connectivity index (χ1v) is 6.03. The summed E-state index contributed by atoms with van der Waals surface area (Å²) in [6.07, 6.45) is 0. The van der Waals surface area contributed by atoms with Crippen LogP contribution < -0.4 is 5.32 Å². The fraction of sp³-hybridized carbons (Fsp3) is 0.833. The van der Waals surface area contributed by atoms with Crippen molar-refractivity contribution in [3.63, 3.8) is 0 Å². The second-order valence-electron chi connectivity index (χ2n) is 5.66. The van der Waals surface area contributed by atoms with Crippen LogP contribution in [0.2, 0.25) is 0 Å². The fourth-order valence-corrected chi connectivity index (χ4v) is 1.81. The fourth-order valence-electron chi connectivity index (χ4n) is 1.81. The quantitative estimate of drug-likeness (QED) is 0.738. The Morgan fingerprint density at radius 2 is 2.00 bits per heavy atom. The minimum Gasteiger partial charge on any atom is -0.481 e. The summed E-state index contributed by atoms with van der Waals surface area (Å²) in [5.74, 6) is -1.67. The van der Waals surface area contributed by atoms with Gasteiger partial charge in [-0.25, -0.2) is 0 Å². The molecule has 1 rings (SSSR count). The molecule has 2 atom stereocenters. The van der Waals surface area contributed by atoms with Crippen molar-refractivity contribution in [3.05, 3.63) is 0 Å². The second-order valence-corrected chi connectivity index (χ2v) is 5.66. The lowest BCUT2D eigenvalue weighted by Crippen LogP contribution is -2.49. The molecule has 0 aromatic rings. The number of hydrogen-bond acceptors (Lipinski definition) is 4. The summed E-state index contributed by atoms with van der Waals surface area (Å²) in [7, 11) is 1.63. The van der Waals surface area contributed by atoms with Crippen molar-refractivity contribution in [3.8, 4) is 0 Å². The van der Waals surface area contributed by atoms with Crippen LogP contribution in [0, 0.1) is 5.92 Å². The van der Waals surface area contributed by atoms with Crippen molar-refractivity contribution in [2.45, 2.75) is 32.4 Å². The first-order chi connectivity index (χ1) is 8.22. The highest BCUT2D eigenvalue weighted by Crippen LogP contribution is 2.19. The van der Waals surface area contributed by atoms with Gasteiger partial charge in [-0.15, -0.1) is 0 Å². The van der Waals surface area contributed by atoms with Gasteiger partial charge < -0.3 is 20.1 Å². The maximum absolute atomic E-state index is 12.0. The van der Waals surface area contributed by atoms with Gasteiger partial charge in [-0.3, -0.25) is 9.59 Å². The second kappa shape index (κ2) is 5.67. The van der Waals surface area contributed by atoms with Crippen molar-refractivity contribution in [1.29, 1.82) is 0 Å². The number of likely N-dealkylation sites (N-methyl/N-ethyl adjacent to an activating group) is 1. The van der Waals surface area contributed by atoms with E-state index in [4.69, 9.17) is 9.84 Å². The van der Waals surface area contributed by atoms with Crippen LogP contribution in [0.4, 0.5) is 0 Å². The number of nitrogens with zero attached hydrogens (tertiary/aromatic N) is 1. The first kappa shape index (κ1) is 14.9. The van der Waals surface area contributed by atoms with E-state index in [-0.39, 0.29) is 37.2 Å². The Bertz CT molecular complexity index is 325. The summed E-state index contributed by atoms with van der Waals surface area (Å²) in [5, 5.41) is 12.1. The molecular formula is C12H22N2O4. The van der Waals surface area contributed by atoms with Gasteiger partial charge in [-0.1, -0.05) is 0 Å². The SMILES string of the molecule is CN(C(=O)CNC(C)(C)C)C1COCC1C(=O)O. The van der Waals surface area contributed by atoms with Crippen LogP contribution in [0.5, 0.6) is 0 Å². The third kappa shape index (κ3) is 3.96. The molecule has 6 nitrogen and oxygen atoms in total. The normalized spacial score (nSPS) is 24.0. The van der Waals surface area contributed by atoms with Crippen LogP contribution in [0.3, 0.4) is 0 Å². The average Bonchev–Trinajstić information content (AvgIpc) is 2.72. The molecule has 0 aromatic heterocycles. The van der Waals surface area contributed by atoms with Crippen LogP contribution >= 0.6 is 0 Å². The number of amides is 1. The van der Waals surface area contributed by atoms with Gasteiger partial charge in [0.05, 0.1) is 25.8 Å². The van der Waals surface area contributed by atoms with Gasteiger partial charge in [0.15, 0.2) is 0 Å². The Hall–Kier alpha value is -1.14. The summed E-state index contributed by atoms with van der Waals surface area (Å²) in [5.41, 5.74) is -0.144. The van der Waals surface area contributed by atoms with Crippen molar-refractivity contribution in [2.24, 2.45) is 5.92 Å². The molecule has 0 aromatic carbocycles. The predicted octanol–water partition coefficient (Wildman–Crippen LogP) is -0.0675. The summed E-state index contributed by atoms with van der Waals surface area (Å²) >= 11 is 0. The Morgan fingerprint density at radius 1 is 1.39 bits per heavy atom. The largest absolute Gasteiger partial charge is 0.481 e. The molecule has 0 bridgehead atoms. The molecule has 1 amide bonds. The molecule has 1 saturated heterocycles. The van der Waals surface area contributed by atoms with Gasteiger partial charge in [0.1, 0.15) is 5.92 Å². The summed E-state index contributed by atoms with van der Waals surface area (Å²) in [6.45, 7) is 6.57. The molecule has 2 unspecified atom stereocenters. The number of carboxylic acid groups (broad SMARTS) is 1. The minimum atomic E-state index is -0.916. The van der Waals surface area contributed by atoms with Crippen molar-refractivity contribution in [1.82, 2.24) is 10.2 Å². The van der Waals surface area contributed by atoms with Crippen LogP contribution in [0.1, 0.15) is 20.8 Å². The lowest BCUT2D eigenvalue weighted by molar-refractivity contribution is -0.144. The van der Waals surface area contributed by atoms with Gasteiger partial charge in [0.2, 0.25) is 5.91 Å². The van der Waals surface area contributed by atoms with E-state index in [1.54, 1.807) is 7.05 Å². The molecule has 18 heavy (non-hydrogen) atoms. The Labute approximate surface area is 107 Å². The molecule has 1 aliphatic rings. The summed E-state index contributed by atoms with van der Waals surface area (Å²) < 4.78 is 5.15. The number of hydrogen-bond donors (Lipinski definition) is 2. The van der Waals surface area contributed by atoms with Gasteiger partial charge >= 0.3 is 5.97 Å². The zero-order chi connectivity index (χ0) is 13.9. The first-order valence-electron chi connectivity index (χ1n) is 6.03. The van der Waals surface area contributed by atoms with Crippen molar-refractivity contribution in [2.75, 3.05) is 26.8 Å². The molecule has 1 aliphatic heterocycles. The van der Waals surface area contributed by atoms with Gasteiger partial charge in [-0.05, 0) is 20.8 Å². The molecule has 104 valence electrons. The molecule has 6 heteroatoms. The summed E-state index contributed by atoms with van der Waals surface area (Å²) in [4.78, 5) is 24.5. The zero-order valence-electron chi connectivity index (χ0n) is 11.4. The topological polar surface area (TPSA) is 78.9 Å². The van der Waals surface area contributed by atoms with Crippen LogP contribution in [0.25, 0.3) is 0 Å². The Balaban J connectivity index is 2.55. The van der Waals surface area contributed by atoms with Crippen molar-refractivity contribution < 1.29 is 19.4 Å². The van der Waals surface area contributed by atoms with Crippen LogP contribution in [-0.4, -0.2) is 60.3 Å². The maximum atomic E-state index is 12.0. The molecule has 0 radical (unpaired) electrons. The smallest absolute Gasteiger partial charge is 0.311 e. The number of carbonyl (C=O) groups is 2.